The van der Waals surface area contributed by atoms with Gasteiger partial charge in [0.15, 0.2) is 5.82 Å². The van der Waals surface area contributed by atoms with E-state index in [1.807, 2.05) is 0 Å². The summed E-state index contributed by atoms with van der Waals surface area (Å²) in [5.41, 5.74) is -1.91. The van der Waals surface area contributed by atoms with E-state index in [1.54, 1.807) is 0 Å². The Hall–Kier alpha value is -0.810. The summed E-state index contributed by atoms with van der Waals surface area (Å²) in [6.07, 6.45) is -2.55. The molecule has 0 fully saturated rings. The number of hydrogen-bond donors (Lipinski definition) is 0. The van der Waals surface area contributed by atoms with E-state index in [0.717, 1.165) is 0 Å². The van der Waals surface area contributed by atoms with Crippen LogP contribution in [0.25, 0.3) is 0 Å². The molecular formula is C7H2Cl2F3NO. The quantitative estimate of drug-likeness (QED) is 0.590. The van der Waals surface area contributed by atoms with Crippen molar-refractivity contribution in [3.05, 3.63) is 28.3 Å². The van der Waals surface area contributed by atoms with Gasteiger partial charge in [0.2, 0.25) is 0 Å². The molecule has 0 saturated heterocycles. The molecule has 0 spiro atoms. The summed E-state index contributed by atoms with van der Waals surface area (Å²) >= 11 is 10.2. The lowest BCUT2D eigenvalue weighted by Gasteiger charge is -2.06. The van der Waals surface area contributed by atoms with Crippen LogP contribution in [0.2, 0.25) is 5.15 Å². The zero-order valence-electron chi connectivity index (χ0n) is 6.40. The van der Waals surface area contributed by atoms with Crippen LogP contribution in [0, 0.1) is 5.82 Å². The van der Waals surface area contributed by atoms with Gasteiger partial charge in [-0.2, -0.15) is 0 Å². The topological polar surface area (TPSA) is 30.0 Å². The first-order valence-electron chi connectivity index (χ1n) is 3.27. The molecule has 1 rings (SSSR count). The van der Waals surface area contributed by atoms with Gasteiger partial charge in [0.25, 0.3) is 11.7 Å². The summed E-state index contributed by atoms with van der Waals surface area (Å²) in [5, 5.41) is -1.97. The van der Waals surface area contributed by atoms with Crippen LogP contribution in [-0.4, -0.2) is 10.2 Å². The van der Waals surface area contributed by atoms with E-state index in [1.165, 1.54) is 0 Å². The van der Waals surface area contributed by atoms with Crippen molar-refractivity contribution in [2.24, 2.45) is 0 Å². The predicted octanol–water partition coefficient (Wildman–Crippen LogP) is 3.19. The molecule has 0 saturated carbocycles. The van der Waals surface area contributed by atoms with Crippen molar-refractivity contribution in [2.75, 3.05) is 0 Å². The summed E-state index contributed by atoms with van der Waals surface area (Å²) in [6.45, 7) is 0. The number of aromatic nitrogens is 1. The summed E-state index contributed by atoms with van der Waals surface area (Å²) in [7, 11) is 0. The highest BCUT2D eigenvalue weighted by molar-refractivity contribution is 6.68. The van der Waals surface area contributed by atoms with Gasteiger partial charge in [0.05, 0.1) is 17.3 Å². The van der Waals surface area contributed by atoms with Crippen molar-refractivity contribution in [3.63, 3.8) is 0 Å². The molecule has 0 amide bonds. The molecule has 14 heavy (non-hydrogen) atoms. The Kier molecular flexibility index (Phi) is 3.34. The van der Waals surface area contributed by atoms with Gasteiger partial charge >= 0.3 is 0 Å². The smallest absolute Gasteiger partial charge is 0.267 e. The number of alkyl halides is 2. The third-order valence-corrected chi connectivity index (χ3v) is 1.93. The lowest BCUT2D eigenvalue weighted by Crippen LogP contribution is -2.04. The maximum Gasteiger partial charge on any atom is 0.267 e. The minimum absolute atomic E-state index is 0.559. The first-order chi connectivity index (χ1) is 6.45. The number of rotatable bonds is 2. The second-order valence-corrected chi connectivity index (χ2v) is 2.96. The third kappa shape index (κ3) is 1.99. The summed E-state index contributed by atoms with van der Waals surface area (Å²) in [6, 6.07) is 0. The van der Waals surface area contributed by atoms with Gasteiger partial charge in [0, 0.05) is 0 Å². The lowest BCUT2D eigenvalue weighted by atomic mass is 10.1. The van der Waals surface area contributed by atoms with Crippen molar-refractivity contribution in [1.29, 1.82) is 0 Å². The summed E-state index contributed by atoms with van der Waals surface area (Å²) in [5.74, 6) is -1.22. The molecule has 0 aliphatic heterocycles. The fourth-order valence-corrected chi connectivity index (χ4v) is 1.30. The molecule has 0 N–H and O–H groups in total. The molecule has 76 valence electrons. The SMILES string of the molecule is O=C(Cl)c1c(F)cnc(Cl)c1C(F)F. The molecule has 0 atom stereocenters. The van der Waals surface area contributed by atoms with Gasteiger partial charge < -0.3 is 0 Å². The fraction of sp³-hybridized carbons (Fsp3) is 0.143. The molecule has 0 radical (unpaired) electrons. The van der Waals surface area contributed by atoms with E-state index in [-0.39, 0.29) is 0 Å². The zero-order chi connectivity index (χ0) is 10.9. The maximum atomic E-state index is 12.9. The number of carbonyl (C=O) groups is 1. The van der Waals surface area contributed by atoms with Crippen molar-refractivity contribution in [1.82, 2.24) is 4.98 Å². The van der Waals surface area contributed by atoms with Crippen LogP contribution in [0.3, 0.4) is 0 Å². The molecule has 1 aromatic rings. The number of hydrogen-bond acceptors (Lipinski definition) is 2. The van der Waals surface area contributed by atoms with Crippen molar-refractivity contribution >= 4 is 28.4 Å². The molecule has 2 nitrogen and oxygen atoms in total. The molecule has 0 aliphatic carbocycles. The molecule has 1 aromatic heterocycles. The van der Waals surface area contributed by atoms with E-state index in [4.69, 9.17) is 23.2 Å². The average molecular weight is 244 g/mol. The van der Waals surface area contributed by atoms with Crippen LogP contribution < -0.4 is 0 Å². The second kappa shape index (κ2) is 4.14. The van der Waals surface area contributed by atoms with Crippen molar-refractivity contribution in [3.8, 4) is 0 Å². The van der Waals surface area contributed by atoms with Gasteiger partial charge in [-0.15, -0.1) is 0 Å². The summed E-state index contributed by atoms with van der Waals surface area (Å²) < 4.78 is 37.5. The van der Waals surface area contributed by atoms with Crippen molar-refractivity contribution in [2.45, 2.75) is 6.43 Å². The molecule has 0 bridgehead atoms. The largest absolute Gasteiger partial charge is 0.275 e. The maximum absolute atomic E-state index is 12.9. The van der Waals surface area contributed by atoms with Crippen LogP contribution in [-0.2, 0) is 0 Å². The minimum atomic E-state index is -3.11. The Morgan fingerprint density at radius 3 is 2.43 bits per heavy atom. The van der Waals surface area contributed by atoms with Gasteiger partial charge in [-0.3, -0.25) is 4.79 Å². The van der Waals surface area contributed by atoms with E-state index in [9.17, 15) is 18.0 Å². The van der Waals surface area contributed by atoms with E-state index < -0.39 is 33.8 Å². The number of pyridine rings is 1. The Bertz CT molecular complexity index is 383. The Morgan fingerprint density at radius 1 is 1.50 bits per heavy atom. The first kappa shape index (κ1) is 11.3. The number of halogens is 5. The standard InChI is InChI=1S/C7H2Cl2F3NO/c8-5-4(7(11)12)3(6(9)14)2(10)1-13-5/h1,7H. The van der Waals surface area contributed by atoms with E-state index in [0.29, 0.717) is 6.20 Å². The third-order valence-electron chi connectivity index (χ3n) is 1.44. The van der Waals surface area contributed by atoms with Gasteiger partial charge in [-0.05, 0) is 11.6 Å². The predicted molar refractivity (Wildman–Crippen MR) is 44.3 cm³/mol. The van der Waals surface area contributed by atoms with Crippen LogP contribution in [0.15, 0.2) is 6.20 Å². The number of carbonyl (C=O) groups excluding carboxylic acids is 1. The summed E-state index contributed by atoms with van der Waals surface area (Å²) in [4.78, 5) is 13.8. The number of nitrogens with zero attached hydrogens (tertiary/aromatic N) is 1. The van der Waals surface area contributed by atoms with E-state index >= 15 is 0 Å². The monoisotopic (exact) mass is 243 g/mol. The molecule has 0 unspecified atom stereocenters. The Balaban J connectivity index is 3.50. The minimum Gasteiger partial charge on any atom is -0.275 e. The normalized spacial score (nSPS) is 10.7. The highest BCUT2D eigenvalue weighted by Crippen LogP contribution is 2.31. The zero-order valence-corrected chi connectivity index (χ0v) is 7.91. The van der Waals surface area contributed by atoms with Gasteiger partial charge in [0.1, 0.15) is 5.15 Å². The Morgan fingerprint density at radius 2 is 2.07 bits per heavy atom. The second-order valence-electron chi connectivity index (χ2n) is 2.26. The van der Waals surface area contributed by atoms with Gasteiger partial charge in [-0.1, -0.05) is 11.6 Å². The highest BCUT2D eigenvalue weighted by Gasteiger charge is 2.25. The molecule has 0 aromatic carbocycles. The first-order valence-corrected chi connectivity index (χ1v) is 4.02. The van der Waals surface area contributed by atoms with Crippen molar-refractivity contribution < 1.29 is 18.0 Å². The van der Waals surface area contributed by atoms with Gasteiger partial charge in [-0.25, -0.2) is 18.2 Å². The Labute approximate surface area is 86.6 Å². The molecule has 0 aliphatic rings. The van der Waals surface area contributed by atoms with Crippen LogP contribution in [0.1, 0.15) is 22.3 Å². The average Bonchev–Trinajstić information content (AvgIpc) is 2.07. The fourth-order valence-electron chi connectivity index (χ4n) is 0.878. The van der Waals surface area contributed by atoms with Crippen LogP contribution >= 0.6 is 23.2 Å². The lowest BCUT2D eigenvalue weighted by molar-refractivity contribution is 0.106. The molecular weight excluding hydrogens is 242 g/mol. The molecule has 1 heterocycles. The van der Waals surface area contributed by atoms with Crippen LogP contribution in [0.4, 0.5) is 13.2 Å². The van der Waals surface area contributed by atoms with E-state index in [2.05, 4.69) is 4.98 Å². The van der Waals surface area contributed by atoms with Crippen LogP contribution in [0.5, 0.6) is 0 Å². The molecule has 7 heteroatoms. The highest BCUT2D eigenvalue weighted by atomic mass is 35.5.